The first kappa shape index (κ1) is 11.4. The van der Waals surface area contributed by atoms with E-state index in [-0.39, 0.29) is 24.1 Å². The number of esters is 2. The standard InChI is InChI=1S/C12H18O4/c1-7(13)15-11-5-10-4-3-9(11)6-12(10)16-8(2)14/h9-12H,3-6H2,1-2H3/t9-,10-,11-,12-/m1/s1. The summed E-state index contributed by atoms with van der Waals surface area (Å²) in [6.07, 6.45) is 3.96. The maximum atomic E-state index is 10.9. The Morgan fingerprint density at radius 1 is 0.875 bits per heavy atom. The van der Waals surface area contributed by atoms with Gasteiger partial charge in [0.15, 0.2) is 0 Å². The zero-order valence-electron chi connectivity index (χ0n) is 9.77. The Kier molecular flexibility index (Phi) is 3.17. The molecule has 3 fully saturated rings. The zero-order chi connectivity index (χ0) is 11.7. The number of fused-ring (bicyclic) bond motifs is 3. The highest BCUT2D eigenvalue weighted by atomic mass is 16.6. The molecule has 0 aromatic carbocycles. The molecule has 3 rings (SSSR count). The zero-order valence-corrected chi connectivity index (χ0v) is 9.77. The lowest BCUT2D eigenvalue weighted by Crippen LogP contribution is -2.46. The molecule has 90 valence electrons. The van der Waals surface area contributed by atoms with Gasteiger partial charge < -0.3 is 9.47 Å². The summed E-state index contributed by atoms with van der Waals surface area (Å²) >= 11 is 0. The van der Waals surface area contributed by atoms with Crippen molar-refractivity contribution in [2.75, 3.05) is 0 Å². The van der Waals surface area contributed by atoms with Crippen LogP contribution in [0, 0.1) is 11.8 Å². The second-order valence-corrected chi connectivity index (χ2v) is 4.86. The number of rotatable bonds is 2. The fraction of sp³-hybridized carbons (Fsp3) is 0.833. The molecular formula is C12H18O4. The van der Waals surface area contributed by atoms with Crippen LogP contribution < -0.4 is 0 Å². The van der Waals surface area contributed by atoms with Crippen molar-refractivity contribution in [2.24, 2.45) is 11.8 Å². The molecule has 16 heavy (non-hydrogen) atoms. The van der Waals surface area contributed by atoms with Gasteiger partial charge in [-0.15, -0.1) is 0 Å². The Hall–Kier alpha value is -1.06. The number of carbonyl (C=O) groups excluding carboxylic acids is 2. The highest BCUT2D eigenvalue weighted by molar-refractivity contribution is 5.66. The van der Waals surface area contributed by atoms with Crippen molar-refractivity contribution in [1.29, 1.82) is 0 Å². The van der Waals surface area contributed by atoms with Gasteiger partial charge in [0.2, 0.25) is 0 Å². The van der Waals surface area contributed by atoms with E-state index in [0.717, 1.165) is 25.7 Å². The summed E-state index contributed by atoms with van der Waals surface area (Å²) < 4.78 is 10.6. The first-order valence-electron chi connectivity index (χ1n) is 5.90. The Morgan fingerprint density at radius 2 is 1.25 bits per heavy atom. The normalized spacial score (nSPS) is 36.9. The van der Waals surface area contributed by atoms with E-state index in [0.29, 0.717) is 11.8 Å². The highest BCUT2D eigenvalue weighted by Gasteiger charge is 2.44. The Morgan fingerprint density at radius 3 is 1.50 bits per heavy atom. The van der Waals surface area contributed by atoms with Crippen LogP contribution in [-0.4, -0.2) is 24.1 Å². The third-order valence-corrected chi connectivity index (χ3v) is 3.66. The third kappa shape index (κ3) is 2.36. The van der Waals surface area contributed by atoms with E-state index in [9.17, 15) is 9.59 Å². The molecule has 3 aliphatic rings. The maximum absolute atomic E-state index is 10.9. The van der Waals surface area contributed by atoms with E-state index in [1.165, 1.54) is 13.8 Å². The summed E-state index contributed by atoms with van der Waals surface area (Å²) in [6, 6.07) is 0. The van der Waals surface area contributed by atoms with Gasteiger partial charge in [0.1, 0.15) is 12.2 Å². The molecule has 0 radical (unpaired) electrons. The lowest BCUT2D eigenvalue weighted by molar-refractivity contribution is -0.172. The molecule has 0 saturated heterocycles. The molecule has 0 N–H and O–H groups in total. The van der Waals surface area contributed by atoms with Crippen LogP contribution in [0.15, 0.2) is 0 Å². The van der Waals surface area contributed by atoms with Crippen molar-refractivity contribution < 1.29 is 19.1 Å². The SMILES string of the molecule is CC(=O)O[C@@H]1C[C@H]2CC[C@@H]1C[C@H]2OC(C)=O. The second kappa shape index (κ2) is 4.44. The predicted octanol–water partition coefficient (Wildman–Crippen LogP) is 1.67. The van der Waals surface area contributed by atoms with Crippen molar-refractivity contribution in [2.45, 2.75) is 51.7 Å². The van der Waals surface area contributed by atoms with Crippen molar-refractivity contribution in [1.82, 2.24) is 0 Å². The summed E-state index contributed by atoms with van der Waals surface area (Å²) in [6.45, 7) is 2.90. The lowest BCUT2D eigenvalue weighted by Gasteiger charge is -2.45. The molecule has 4 atom stereocenters. The second-order valence-electron chi connectivity index (χ2n) is 4.86. The molecule has 0 amide bonds. The molecule has 0 unspecified atom stereocenters. The van der Waals surface area contributed by atoms with E-state index in [4.69, 9.17) is 9.47 Å². The monoisotopic (exact) mass is 226 g/mol. The number of carbonyl (C=O) groups is 2. The minimum absolute atomic E-state index is 0.0445. The molecule has 4 nitrogen and oxygen atoms in total. The minimum atomic E-state index is -0.207. The van der Waals surface area contributed by atoms with Crippen molar-refractivity contribution in [3.05, 3.63) is 0 Å². The van der Waals surface area contributed by atoms with E-state index in [1.54, 1.807) is 0 Å². The van der Waals surface area contributed by atoms with Crippen LogP contribution in [0.25, 0.3) is 0 Å². The van der Waals surface area contributed by atoms with E-state index in [2.05, 4.69) is 0 Å². The van der Waals surface area contributed by atoms with Crippen LogP contribution in [0.5, 0.6) is 0 Å². The van der Waals surface area contributed by atoms with Gasteiger partial charge in [-0.3, -0.25) is 9.59 Å². The molecule has 0 aromatic rings. The predicted molar refractivity (Wildman–Crippen MR) is 56.6 cm³/mol. The molecule has 2 bridgehead atoms. The number of hydrogen-bond donors (Lipinski definition) is 0. The quantitative estimate of drug-likeness (QED) is 0.672. The van der Waals surface area contributed by atoms with Gasteiger partial charge in [-0.1, -0.05) is 0 Å². The minimum Gasteiger partial charge on any atom is -0.462 e. The molecule has 0 aliphatic heterocycles. The summed E-state index contributed by atoms with van der Waals surface area (Å²) in [5.74, 6) is 0.333. The first-order chi connectivity index (χ1) is 7.56. The van der Waals surface area contributed by atoms with Gasteiger partial charge in [-0.2, -0.15) is 0 Å². The first-order valence-corrected chi connectivity index (χ1v) is 5.90. The molecule has 0 aromatic heterocycles. The van der Waals surface area contributed by atoms with Crippen LogP contribution in [0.3, 0.4) is 0 Å². The summed E-state index contributed by atoms with van der Waals surface area (Å²) in [5.41, 5.74) is 0. The summed E-state index contributed by atoms with van der Waals surface area (Å²) in [4.78, 5) is 21.9. The van der Waals surface area contributed by atoms with Crippen molar-refractivity contribution >= 4 is 11.9 Å². The van der Waals surface area contributed by atoms with Gasteiger partial charge in [-0.25, -0.2) is 0 Å². The Bertz CT molecular complexity index is 269. The van der Waals surface area contributed by atoms with Crippen LogP contribution >= 0.6 is 0 Å². The molecule has 4 heteroatoms. The van der Waals surface area contributed by atoms with Crippen LogP contribution in [0.2, 0.25) is 0 Å². The molecule has 0 heterocycles. The van der Waals surface area contributed by atoms with Gasteiger partial charge in [0.05, 0.1) is 0 Å². The van der Waals surface area contributed by atoms with Crippen LogP contribution in [0.1, 0.15) is 39.5 Å². The van der Waals surface area contributed by atoms with E-state index in [1.807, 2.05) is 0 Å². The van der Waals surface area contributed by atoms with Crippen molar-refractivity contribution in [3.8, 4) is 0 Å². The molecule has 3 saturated carbocycles. The lowest BCUT2D eigenvalue weighted by atomic mass is 9.67. The average Bonchev–Trinajstić information content (AvgIpc) is 2.17. The van der Waals surface area contributed by atoms with E-state index >= 15 is 0 Å². The number of hydrogen-bond acceptors (Lipinski definition) is 4. The summed E-state index contributed by atoms with van der Waals surface area (Å²) in [7, 11) is 0. The van der Waals surface area contributed by atoms with Crippen molar-refractivity contribution in [3.63, 3.8) is 0 Å². The topological polar surface area (TPSA) is 52.6 Å². The Balaban J connectivity index is 1.95. The summed E-state index contributed by atoms with van der Waals surface area (Å²) in [5, 5.41) is 0. The van der Waals surface area contributed by atoms with Gasteiger partial charge in [-0.05, 0) is 37.5 Å². The highest BCUT2D eigenvalue weighted by Crippen LogP contribution is 2.44. The molecular weight excluding hydrogens is 208 g/mol. The molecule has 3 aliphatic carbocycles. The van der Waals surface area contributed by atoms with Crippen LogP contribution in [0.4, 0.5) is 0 Å². The van der Waals surface area contributed by atoms with Crippen LogP contribution in [-0.2, 0) is 19.1 Å². The largest absolute Gasteiger partial charge is 0.462 e. The smallest absolute Gasteiger partial charge is 0.302 e. The molecule has 0 spiro atoms. The fourth-order valence-corrected chi connectivity index (χ4v) is 3.04. The van der Waals surface area contributed by atoms with Gasteiger partial charge in [0.25, 0.3) is 0 Å². The number of ether oxygens (including phenoxy) is 2. The third-order valence-electron chi connectivity index (χ3n) is 3.66. The fourth-order valence-electron chi connectivity index (χ4n) is 3.04. The van der Waals surface area contributed by atoms with Gasteiger partial charge in [0, 0.05) is 13.8 Å². The Labute approximate surface area is 95.3 Å². The van der Waals surface area contributed by atoms with E-state index < -0.39 is 0 Å². The average molecular weight is 226 g/mol. The van der Waals surface area contributed by atoms with Gasteiger partial charge >= 0.3 is 11.9 Å². The maximum Gasteiger partial charge on any atom is 0.302 e.